The summed E-state index contributed by atoms with van der Waals surface area (Å²) in [6.07, 6.45) is 4.12. The molecule has 1 aromatic heterocycles. The van der Waals surface area contributed by atoms with E-state index < -0.39 is 5.82 Å². The number of rotatable bonds is 5. The third-order valence-corrected chi connectivity index (χ3v) is 5.22. The first-order valence-corrected chi connectivity index (χ1v) is 9.51. The maximum Gasteiger partial charge on any atom is 0.272 e. The molecule has 1 saturated heterocycles. The lowest BCUT2D eigenvalue weighted by Crippen LogP contribution is -2.31. The van der Waals surface area contributed by atoms with Gasteiger partial charge in [-0.2, -0.15) is 5.10 Å². The molecule has 2 aromatic rings. The van der Waals surface area contributed by atoms with Gasteiger partial charge in [-0.3, -0.25) is 14.3 Å². The average molecular weight is 391 g/mol. The van der Waals surface area contributed by atoms with E-state index in [1.54, 1.807) is 4.90 Å². The van der Waals surface area contributed by atoms with Crippen molar-refractivity contribution in [3.05, 3.63) is 46.5 Å². The minimum Gasteiger partial charge on any atom is -0.337 e. The standard InChI is InChI=1S/C19H20ClFN4O2/c20-14-9-13(21)5-6-15(14)22-18(26)11-25-17(10-16(23-25)12-3-4-12)19(27)24-7-1-2-8-24/h5-6,9-10,12H,1-4,7-8,11H2,(H,22,26). The maximum atomic E-state index is 13.2. The lowest BCUT2D eigenvalue weighted by Gasteiger charge is -2.16. The van der Waals surface area contributed by atoms with Crippen LogP contribution < -0.4 is 5.32 Å². The third-order valence-electron chi connectivity index (χ3n) is 4.91. The van der Waals surface area contributed by atoms with Gasteiger partial charge in [-0.1, -0.05) is 11.6 Å². The molecule has 0 atom stereocenters. The van der Waals surface area contributed by atoms with Crippen LogP contribution in [0.25, 0.3) is 0 Å². The lowest BCUT2D eigenvalue weighted by atomic mass is 10.2. The normalized spacial score (nSPS) is 16.6. The average Bonchev–Trinajstić information content (AvgIpc) is 3.17. The number of anilines is 1. The number of nitrogens with one attached hydrogen (secondary N) is 1. The Bertz CT molecular complexity index is 888. The van der Waals surface area contributed by atoms with Gasteiger partial charge in [-0.25, -0.2) is 4.39 Å². The van der Waals surface area contributed by atoms with Crippen molar-refractivity contribution in [1.82, 2.24) is 14.7 Å². The fourth-order valence-electron chi connectivity index (χ4n) is 3.31. The third kappa shape index (κ3) is 3.98. The van der Waals surface area contributed by atoms with Crippen molar-refractivity contribution in [3.8, 4) is 0 Å². The fraction of sp³-hybridized carbons (Fsp3) is 0.421. The minimum atomic E-state index is -0.474. The molecule has 27 heavy (non-hydrogen) atoms. The van der Waals surface area contributed by atoms with Gasteiger partial charge in [0.2, 0.25) is 5.91 Å². The Morgan fingerprint density at radius 3 is 2.63 bits per heavy atom. The number of hydrogen-bond donors (Lipinski definition) is 1. The monoisotopic (exact) mass is 390 g/mol. The quantitative estimate of drug-likeness (QED) is 0.850. The molecular formula is C19H20ClFN4O2. The molecule has 2 aliphatic rings. The molecule has 0 bridgehead atoms. The Balaban J connectivity index is 1.53. The zero-order valence-corrected chi connectivity index (χ0v) is 15.5. The molecule has 2 fully saturated rings. The number of nitrogens with zero attached hydrogens (tertiary/aromatic N) is 3. The van der Waals surface area contributed by atoms with Gasteiger partial charge in [0.15, 0.2) is 0 Å². The van der Waals surface area contributed by atoms with Gasteiger partial charge in [0.25, 0.3) is 5.91 Å². The number of halogens is 2. The Labute approximate surface area is 161 Å². The number of carbonyl (C=O) groups excluding carboxylic acids is 2. The molecule has 0 unspecified atom stereocenters. The Hall–Kier alpha value is -2.41. The summed E-state index contributed by atoms with van der Waals surface area (Å²) in [7, 11) is 0. The highest BCUT2D eigenvalue weighted by atomic mass is 35.5. The predicted octanol–water partition coefficient (Wildman–Crippen LogP) is 3.43. The van der Waals surface area contributed by atoms with E-state index >= 15 is 0 Å². The van der Waals surface area contributed by atoms with Crippen LogP contribution in [-0.2, 0) is 11.3 Å². The number of likely N-dealkylation sites (tertiary alicyclic amines) is 1. The molecule has 142 valence electrons. The zero-order valence-electron chi connectivity index (χ0n) is 14.8. The number of aromatic nitrogens is 2. The van der Waals surface area contributed by atoms with E-state index in [-0.39, 0.29) is 23.4 Å². The highest BCUT2D eigenvalue weighted by Gasteiger charge is 2.31. The molecule has 2 heterocycles. The van der Waals surface area contributed by atoms with Crippen molar-refractivity contribution in [2.24, 2.45) is 0 Å². The van der Waals surface area contributed by atoms with E-state index in [1.165, 1.54) is 16.8 Å². The lowest BCUT2D eigenvalue weighted by molar-refractivity contribution is -0.116. The van der Waals surface area contributed by atoms with Crippen LogP contribution in [0.2, 0.25) is 5.02 Å². The molecule has 1 aromatic carbocycles. The van der Waals surface area contributed by atoms with Crippen molar-refractivity contribution < 1.29 is 14.0 Å². The highest BCUT2D eigenvalue weighted by Crippen LogP contribution is 2.39. The van der Waals surface area contributed by atoms with Crippen molar-refractivity contribution in [2.45, 2.75) is 38.1 Å². The number of carbonyl (C=O) groups is 2. The second-order valence-electron chi connectivity index (χ2n) is 7.06. The SMILES string of the molecule is O=C(Cn1nc(C2CC2)cc1C(=O)N1CCCC1)Nc1ccc(F)cc1Cl. The Morgan fingerprint density at radius 2 is 1.96 bits per heavy atom. The number of amides is 2. The van der Waals surface area contributed by atoms with Crippen LogP contribution in [0.3, 0.4) is 0 Å². The molecule has 1 aliphatic heterocycles. The maximum absolute atomic E-state index is 13.2. The summed E-state index contributed by atoms with van der Waals surface area (Å²) in [5, 5.41) is 7.27. The second-order valence-corrected chi connectivity index (χ2v) is 7.47. The molecule has 4 rings (SSSR count). The molecule has 6 nitrogen and oxygen atoms in total. The molecule has 8 heteroatoms. The summed E-state index contributed by atoms with van der Waals surface area (Å²) in [6.45, 7) is 1.37. The summed E-state index contributed by atoms with van der Waals surface area (Å²) in [5.41, 5.74) is 1.63. The summed E-state index contributed by atoms with van der Waals surface area (Å²) >= 11 is 5.96. The largest absolute Gasteiger partial charge is 0.337 e. The molecular weight excluding hydrogens is 371 g/mol. The van der Waals surface area contributed by atoms with E-state index in [2.05, 4.69) is 10.4 Å². The predicted molar refractivity (Wildman–Crippen MR) is 99.4 cm³/mol. The Kier molecular flexibility index (Phi) is 4.86. The van der Waals surface area contributed by atoms with Gasteiger partial charge in [0.05, 0.1) is 16.4 Å². The van der Waals surface area contributed by atoms with Crippen LogP contribution in [0.1, 0.15) is 47.8 Å². The van der Waals surface area contributed by atoms with Gasteiger partial charge >= 0.3 is 0 Å². The zero-order chi connectivity index (χ0) is 19.0. The minimum absolute atomic E-state index is 0.0838. The van der Waals surface area contributed by atoms with Crippen molar-refractivity contribution >= 4 is 29.1 Å². The second kappa shape index (κ2) is 7.31. The van der Waals surface area contributed by atoms with Gasteiger partial charge in [-0.05, 0) is 49.9 Å². The van der Waals surface area contributed by atoms with Crippen molar-refractivity contribution in [1.29, 1.82) is 0 Å². The van der Waals surface area contributed by atoms with Crippen LogP contribution >= 0.6 is 11.6 Å². The molecule has 1 N–H and O–H groups in total. The van der Waals surface area contributed by atoms with Crippen LogP contribution in [0, 0.1) is 5.82 Å². The first kappa shape index (κ1) is 18.0. The van der Waals surface area contributed by atoms with Gasteiger partial charge in [-0.15, -0.1) is 0 Å². The van der Waals surface area contributed by atoms with Gasteiger partial charge < -0.3 is 10.2 Å². The van der Waals surface area contributed by atoms with Gasteiger partial charge in [0, 0.05) is 19.0 Å². The van der Waals surface area contributed by atoms with E-state index in [4.69, 9.17) is 11.6 Å². The first-order valence-electron chi connectivity index (χ1n) is 9.13. The van der Waals surface area contributed by atoms with Crippen molar-refractivity contribution in [3.63, 3.8) is 0 Å². The van der Waals surface area contributed by atoms with E-state index in [0.717, 1.165) is 50.5 Å². The molecule has 1 aliphatic carbocycles. The van der Waals surface area contributed by atoms with Gasteiger partial charge in [0.1, 0.15) is 18.1 Å². The number of benzene rings is 1. The number of hydrogen-bond acceptors (Lipinski definition) is 3. The Morgan fingerprint density at radius 1 is 1.22 bits per heavy atom. The van der Waals surface area contributed by atoms with Crippen LogP contribution in [-0.4, -0.2) is 39.6 Å². The topological polar surface area (TPSA) is 67.2 Å². The molecule has 2 amide bonds. The smallest absolute Gasteiger partial charge is 0.272 e. The van der Waals surface area contributed by atoms with Crippen LogP contribution in [0.4, 0.5) is 10.1 Å². The van der Waals surface area contributed by atoms with Crippen molar-refractivity contribution in [2.75, 3.05) is 18.4 Å². The fourth-order valence-corrected chi connectivity index (χ4v) is 3.52. The molecule has 1 saturated carbocycles. The summed E-state index contributed by atoms with van der Waals surface area (Å²) in [6, 6.07) is 5.59. The summed E-state index contributed by atoms with van der Waals surface area (Å²) in [4.78, 5) is 27.1. The highest BCUT2D eigenvalue weighted by molar-refractivity contribution is 6.33. The molecule has 0 radical (unpaired) electrons. The van der Waals surface area contributed by atoms with E-state index in [9.17, 15) is 14.0 Å². The van der Waals surface area contributed by atoms with Crippen LogP contribution in [0.15, 0.2) is 24.3 Å². The summed E-state index contributed by atoms with van der Waals surface area (Å²) < 4.78 is 14.6. The van der Waals surface area contributed by atoms with Crippen LogP contribution in [0.5, 0.6) is 0 Å². The first-order chi connectivity index (χ1) is 13.0. The molecule has 0 spiro atoms. The van der Waals surface area contributed by atoms with E-state index in [0.29, 0.717) is 17.3 Å². The summed E-state index contributed by atoms with van der Waals surface area (Å²) in [5.74, 6) is -0.549. The van der Waals surface area contributed by atoms with E-state index in [1.807, 2.05) is 6.07 Å².